The molecule has 5 heteroatoms. The number of aromatic nitrogens is 1. The first-order chi connectivity index (χ1) is 12.2. The molecular weight excluding hydrogens is 316 g/mol. The second kappa shape index (κ2) is 7.66. The number of esters is 1. The highest BCUT2D eigenvalue weighted by molar-refractivity contribution is 5.86. The molecule has 1 heterocycles. The van der Waals surface area contributed by atoms with Crippen LogP contribution in [-0.2, 0) is 27.3 Å². The van der Waals surface area contributed by atoms with Gasteiger partial charge >= 0.3 is 5.97 Å². The van der Waals surface area contributed by atoms with E-state index in [0.29, 0.717) is 6.42 Å². The number of hydrogen-bond donors (Lipinski definition) is 1. The zero-order valence-corrected chi connectivity index (χ0v) is 14.0. The Morgan fingerprint density at radius 3 is 2.52 bits per heavy atom. The van der Waals surface area contributed by atoms with Crippen molar-refractivity contribution in [3.63, 3.8) is 0 Å². The summed E-state index contributed by atoms with van der Waals surface area (Å²) in [7, 11) is 1.33. The number of amides is 1. The van der Waals surface area contributed by atoms with Crippen molar-refractivity contribution in [2.75, 3.05) is 7.11 Å². The molecule has 0 aliphatic heterocycles. The van der Waals surface area contributed by atoms with E-state index in [2.05, 4.69) is 5.32 Å². The summed E-state index contributed by atoms with van der Waals surface area (Å²) in [5.74, 6) is -0.678. The summed E-state index contributed by atoms with van der Waals surface area (Å²) in [5, 5.41) is 3.86. The lowest BCUT2D eigenvalue weighted by Crippen LogP contribution is -2.44. The number of methoxy groups -OCH3 is 1. The van der Waals surface area contributed by atoms with Gasteiger partial charge in [0.05, 0.1) is 7.11 Å². The van der Waals surface area contributed by atoms with Crippen LogP contribution in [0.3, 0.4) is 0 Å². The Balaban J connectivity index is 1.70. The molecule has 0 saturated heterocycles. The Hall–Kier alpha value is -3.08. The average Bonchev–Trinajstić information content (AvgIpc) is 3.04. The fraction of sp³-hybridized carbons (Fsp3) is 0.200. The van der Waals surface area contributed by atoms with Crippen LogP contribution in [0, 0.1) is 0 Å². The SMILES string of the molecule is COC(=O)[C@H](Cc1ccccc1)NC(=O)Cn1ccc2ccccc21. The van der Waals surface area contributed by atoms with Gasteiger partial charge in [-0.25, -0.2) is 4.79 Å². The van der Waals surface area contributed by atoms with Crippen LogP contribution in [0.2, 0.25) is 0 Å². The van der Waals surface area contributed by atoms with Crippen molar-refractivity contribution in [3.05, 3.63) is 72.4 Å². The molecule has 5 nitrogen and oxygen atoms in total. The molecule has 2 aromatic carbocycles. The lowest BCUT2D eigenvalue weighted by Gasteiger charge is -2.17. The summed E-state index contributed by atoms with van der Waals surface area (Å²) in [4.78, 5) is 24.5. The highest BCUT2D eigenvalue weighted by Gasteiger charge is 2.22. The van der Waals surface area contributed by atoms with Gasteiger partial charge in [-0.15, -0.1) is 0 Å². The van der Waals surface area contributed by atoms with Crippen LogP contribution in [0.5, 0.6) is 0 Å². The number of nitrogens with zero attached hydrogens (tertiary/aromatic N) is 1. The van der Waals surface area contributed by atoms with Gasteiger partial charge in [-0.3, -0.25) is 4.79 Å². The van der Waals surface area contributed by atoms with Crippen molar-refractivity contribution in [1.82, 2.24) is 9.88 Å². The molecule has 0 aliphatic carbocycles. The molecular formula is C20H20N2O3. The van der Waals surface area contributed by atoms with Crippen molar-refractivity contribution < 1.29 is 14.3 Å². The standard InChI is InChI=1S/C20H20N2O3/c1-25-20(24)17(13-15-7-3-2-4-8-15)21-19(23)14-22-12-11-16-9-5-6-10-18(16)22/h2-12,17H,13-14H2,1H3,(H,21,23)/t17-/m0/s1. The number of rotatable bonds is 6. The van der Waals surface area contributed by atoms with E-state index in [1.807, 2.05) is 71.4 Å². The second-order valence-corrected chi connectivity index (χ2v) is 5.84. The molecule has 0 unspecified atom stereocenters. The topological polar surface area (TPSA) is 60.3 Å². The van der Waals surface area contributed by atoms with Crippen LogP contribution in [-0.4, -0.2) is 29.6 Å². The van der Waals surface area contributed by atoms with E-state index in [1.165, 1.54) is 7.11 Å². The maximum absolute atomic E-state index is 12.4. The fourth-order valence-electron chi connectivity index (χ4n) is 2.86. The lowest BCUT2D eigenvalue weighted by molar-refractivity contribution is -0.145. The molecule has 0 bridgehead atoms. The van der Waals surface area contributed by atoms with Crippen LogP contribution >= 0.6 is 0 Å². The van der Waals surface area contributed by atoms with Crippen molar-refractivity contribution >= 4 is 22.8 Å². The number of nitrogens with one attached hydrogen (secondary N) is 1. The Labute approximate surface area is 146 Å². The van der Waals surface area contributed by atoms with E-state index < -0.39 is 12.0 Å². The van der Waals surface area contributed by atoms with Crippen molar-refractivity contribution in [2.24, 2.45) is 0 Å². The molecule has 0 fully saturated rings. The lowest BCUT2D eigenvalue weighted by atomic mass is 10.1. The van der Waals surface area contributed by atoms with Gasteiger partial charge < -0.3 is 14.6 Å². The second-order valence-electron chi connectivity index (χ2n) is 5.84. The molecule has 3 rings (SSSR count). The Morgan fingerprint density at radius 1 is 1.04 bits per heavy atom. The van der Waals surface area contributed by atoms with Crippen LogP contribution in [0.25, 0.3) is 10.9 Å². The first-order valence-electron chi connectivity index (χ1n) is 8.12. The van der Waals surface area contributed by atoms with Gasteiger partial charge in [-0.05, 0) is 23.1 Å². The average molecular weight is 336 g/mol. The minimum atomic E-state index is -0.707. The Kier molecular flexibility index (Phi) is 5.14. The number of hydrogen-bond acceptors (Lipinski definition) is 3. The van der Waals surface area contributed by atoms with Crippen LogP contribution in [0.1, 0.15) is 5.56 Å². The number of benzene rings is 2. The van der Waals surface area contributed by atoms with E-state index in [4.69, 9.17) is 4.74 Å². The molecule has 128 valence electrons. The van der Waals surface area contributed by atoms with Crippen LogP contribution < -0.4 is 5.32 Å². The number of ether oxygens (including phenoxy) is 1. The third-order valence-corrected chi connectivity index (χ3v) is 4.10. The molecule has 0 aliphatic rings. The quantitative estimate of drug-likeness (QED) is 0.704. The highest BCUT2D eigenvalue weighted by Crippen LogP contribution is 2.14. The molecule has 0 spiro atoms. The van der Waals surface area contributed by atoms with Gasteiger partial charge in [0.15, 0.2) is 0 Å². The van der Waals surface area contributed by atoms with E-state index in [0.717, 1.165) is 16.5 Å². The predicted molar refractivity (Wildman–Crippen MR) is 96.0 cm³/mol. The third kappa shape index (κ3) is 4.07. The summed E-state index contributed by atoms with van der Waals surface area (Å²) >= 11 is 0. The first kappa shape index (κ1) is 16.8. The third-order valence-electron chi connectivity index (χ3n) is 4.10. The van der Waals surface area contributed by atoms with Crippen molar-refractivity contribution in [3.8, 4) is 0 Å². The van der Waals surface area contributed by atoms with Crippen molar-refractivity contribution in [1.29, 1.82) is 0 Å². The van der Waals surface area contributed by atoms with Crippen LogP contribution in [0.15, 0.2) is 66.9 Å². The van der Waals surface area contributed by atoms with Crippen LogP contribution in [0.4, 0.5) is 0 Å². The predicted octanol–water partition coefficient (Wildman–Crippen LogP) is 2.54. The maximum atomic E-state index is 12.4. The largest absolute Gasteiger partial charge is 0.467 e. The van der Waals surface area contributed by atoms with Crippen molar-refractivity contribution in [2.45, 2.75) is 19.0 Å². The minimum Gasteiger partial charge on any atom is -0.467 e. The summed E-state index contributed by atoms with van der Waals surface area (Å²) in [5.41, 5.74) is 1.94. The molecule has 0 radical (unpaired) electrons. The minimum absolute atomic E-state index is 0.149. The fourth-order valence-corrected chi connectivity index (χ4v) is 2.86. The molecule has 1 atom stereocenters. The van der Waals surface area contributed by atoms with E-state index >= 15 is 0 Å². The molecule has 1 aromatic heterocycles. The molecule has 1 amide bonds. The zero-order chi connectivity index (χ0) is 17.6. The number of para-hydroxylation sites is 1. The summed E-state index contributed by atoms with van der Waals surface area (Å²) < 4.78 is 6.69. The number of carbonyl (C=O) groups is 2. The highest BCUT2D eigenvalue weighted by atomic mass is 16.5. The Bertz CT molecular complexity index is 871. The van der Waals surface area contributed by atoms with E-state index in [-0.39, 0.29) is 12.5 Å². The van der Waals surface area contributed by atoms with Gasteiger partial charge in [0.1, 0.15) is 12.6 Å². The summed E-state index contributed by atoms with van der Waals surface area (Å²) in [6, 6.07) is 18.7. The Morgan fingerprint density at radius 2 is 1.76 bits per heavy atom. The summed E-state index contributed by atoms with van der Waals surface area (Å²) in [6.07, 6.45) is 2.26. The molecule has 1 N–H and O–H groups in total. The zero-order valence-electron chi connectivity index (χ0n) is 14.0. The number of fused-ring (bicyclic) bond motifs is 1. The first-order valence-corrected chi connectivity index (χ1v) is 8.12. The molecule has 25 heavy (non-hydrogen) atoms. The smallest absolute Gasteiger partial charge is 0.328 e. The van der Waals surface area contributed by atoms with Gasteiger partial charge in [0, 0.05) is 18.1 Å². The van der Waals surface area contributed by atoms with Gasteiger partial charge in [-0.2, -0.15) is 0 Å². The van der Waals surface area contributed by atoms with Gasteiger partial charge in [0.2, 0.25) is 5.91 Å². The molecule has 3 aromatic rings. The maximum Gasteiger partial charge on any atom is 0.328 e. The monoisotopic (exact) mass is 336 g/mol. The normalized spacial score (nSPS) is 11.9. The van der Waals surface area contributed by atoms with Gasteiger partial charge in [0.25, 0.3) is 0 Å². The number of carbonyl (C=O) groups excluding carboxylic acids is 2. The summed E-state index contributed by atoms with van der Waals surface area (Å²) in [6.45, 7) is 0.149. The van der Waals surface area contributed by atoms with E-state index in [9.17, 15) is 9.59 Å². The molecule has 0 saturated carbocycles. The van der Waals surface area contributed by atoms with E-state index in [1.54, 1.807) is 0 Å². The van der Waals surface area contributed by atoms with Gasteiger partial charge in [-0.1, -0.05) is 48.5 Å².